The molecule has 0 saturated carbocycles. The Hall–Kier alpha value is -1.72. The fourth-order valence-corrected chi connectivity index (χ4v) is 2.11. The fourth-order valence-electron chi connectivity index (χ4n) is 2.11. The molecule has 0 radical (unpaired) electrons. The van der Waals surface area contributed by atoms with E-state index in [4.69, 9.17) is 10.5 Å². The highest BCUT2D eigenvalue weighted by Crippen LogP contribution is 2.29. The van der Waals surface area contributed by atoms with Crippen molar-refractivity contribution in [1.82, 2.24) is 5.32 Å². The van der Waals surface area contributed by atoms with Crippen molar-refractivity contribution in [3.8, 4) is 0 Å². The number of nitrogens with two attached hydrogens (primary N) is 1. The van der Waals surface area contributed by atoms with Gasteiger partial charge in [-0.15, -0.1) is 0 Å². The number of rotatable bonds is 6. The third-order valence-corrected chi connectivity index (χ3v) is 3.58. The highest BCUT2D eigenvalue weighted by Gasteiger charge is 2.49. The molecule has 128 valence electrons. The number of ketones is 1. The maximum Gasteiger partial charge on any atom is 0.234 e. The molecule has 2 rings (SSSR count). The molecular formula is C18H28N2O3. The topological polar surface area (TPSA) is 84.7 Å². The summed E-state index contributed by atoms with van der Waals surface area (Å²) in [6.45, 7) is 8.19. The van der Waals surface area contributed by atoms with Gasteiger partial charge >= 0.3 is 0 Å². The number of hydrogen-bond donors (Lipinski definition) is 2. The zero-order chi connectivity index (χ0) is 17.5. The van der Waals surface area contributed by atoms with E-state index >= 15 is 0 Å². The molecular weight excluding hydrogens is 292 g/mol. The molecule has 5 heteroatoms. The minimum atomic E-state index is -0.693. The fraction of sp³-hybridized carbons (Fsp3) is 0.556. The summed E-state index contributed by atoms with van der Waals surface area (Å²) in [5, 5.41) is 2.65. The Kier molecular flexibility index (Phi) is 7.39. The van der Waals surface area contributed by atoms with Gasteiger partial charge in [-0.25, -0.2) is 0 Å². The molecule has 0 aromatic heterocycles. The smallest absolute Gasteiger partial charge is 0.234 e. The normalized spacial score (nSPS) is 20.3. The zero-order valence-electron chi connectivity index (χ0n) is 14.5. The number of benzene rings is 1. The van der Waals surface area contributed by atoms with E-state index < -0.39 is 11.6 Å². The number of Topliss-reactive ketones (excluding diaryl/α,β-unsaturated/α-hetero) is 1. The molecule has 5 nitrogen and oxygen atoms in total. The summed E-state index contributed by atoms with van der Waals surface area (Å²) in [6, 6.07) is 9.78. The number of hydrogen-bond acceptors (Lipinski definition) is 4. The van der Waals surface area contributed by atoms with Crippen LogP contribution in [0, 0.1) is 12.8 Å². The van der Waals surface area contributed by atoms with Crippen molar-refractivity contribution in [1.29, 1.82) is 0 Å². The Bertz CT molecular complexity index is 510. The van der Waals surface area contributed by atoms with Crippen LogP contribution in [0.3, 0.4) is 0 Å². The summed E-state index contributed by atoms with van der Waals surface area (Å²) in [5.74, 6) is -0.0272. The molecule has 1 aliphatic rings. The average Bonchev–Trinajstić information content (AvgIpc) is 3.25. The highest BCUT2D eigenvalue weighted by molar-refractivity contribution is 5.96. The molecule has 1 saturated heterocycles. The maximum absolute atomic E-state index is 12.0. The first-order valence-corrected chi connectivity index (χ1v) is 7.98. The predicted octanol–water partition coefficient (Wildman–Crippen LogP) is 1.83. The van der Waals surface area contributed by atoms with E-state index in [1.54, 1.807) is 6.92 Å². The van der Waals surface area contributed by atoms with Crippen LogP contribution in [0.1, 0.15) is 32.8 Å². The Balaban J connectivity index is 0.000000313. The number of nitrogens with one attached hydrogen (secondary N) is 1. The van der Waals surface area contributed by atoms with Gasteiger partial charge < -0.3 is 15.8 Å². The lowest BCUT2D eigenvalue weighted by atomic mass is 9.93. The van der Waals surface area contributed by atoms with Gasteiger partial charge in [-0.3, -0.25) is 9.59 Å². The third kappa shape index (κ3) is 6.93. The maximum atomic E-state index is 12.0. The number of aryl methyl sites for hydroxylation is 1. The number of carbonyl (C=O) groups is 2. The zero-order valence-corrected chi connectivity index (χ0v) is 14.5. The number of amides is 1. The molecule has 2 atom stereocenters. The van der Waals surface area contributed by atoms with Gasteiger partial charge in [-0.05, 0) is 26.2 Å². The Morgan fingerprint density at radius 1 is 1.30 bits per heavy atom. The van der Waals surface area contributed by atoms with E-state index in [1.807, 2.05) is 32.0 Å². The van der Waals surface area contributed by atoms with Crippen molar-refractivity contribution in [3.05, 3.63) is 35.9 Å². The van der Waals surface area contributed by atoms with Crippen LogP contribution in [0.4, 0.5) is 0 Å². The molecule has 1 heterocycles. The van der Waals surface area contributed by atoms with E-state index in [0.717, 1.165) is 0 Å². The first kappa shape index (κ1) is 19.3. The van der Waals surface area contributed by atoms with E-state index in [2.05, 4.69) is 24.4 Å². The molecule has 2 unspecified atom stereocenters. The first-order chi connectivity index (χ1) is 10.8. The standard InChI is InChI=1S/C11H20N2O3.C7H8/c1-7(2)4-8(13-9(14)5-12)10(15)11(3)6-16-11;1-7-5-3-2-4-6-7/h7-8H,4-6,12H2,1-3H3,(H,13,14);2-6H,1H3. The molecule has 1 amide bonds. The van der Waals surface area contributed by atoms with Crippen LogP contribution in [0.15, 0.2) is 30.3 Å². The van der Waals surface area contributed by atoms with Crippen LogP contribution in [-0.2, 0) is 14.3 Å². The van der Waals surface area contributed by atoms with E-state index in [9.17, 15) is 9.59 Å². The second kappa shape index (κ2) is 8.79. The van der Waals surface area contributed by atoms with Gasteiger partial charge in [0.25, 0.3) is 0 Å². The molecule has 1 aromatic rings. The quantitative estimate of drug-likeness (QED) is 0.783. The Labute approximate surface area is 138 Å². The lowest BCUT2D eigenvalue weighted by Gasteiger charge is -2.20. The van der Waals surface area contributed by atoms with Crippen LogP contribution < -0.4 is 11.1 Å². The van der Waals surface area contributed by atoms with Gasteiger partial charge in [0, 0.05) is 0 Å². The van der Waals surface area contributed by atoms with Crippen LogP contribution in [0.25, 0.3) is 0 Å². The highest BCUT2D eigenvalue weighted by atomic mass is 16.6. The number of carbonyl (C=O) groups excluding carboxylic acids is 2. The summed E-state index contributed by atoms with van der Waals surface area (Å²) in [7, 11) is 0. The lowest BCUT2D eigenvalue weighted by molar-refractivity contribution is -0.130. The minimum absolute atomic E-state index is 0.0528. The average molecular weight is 320 g/mol. The van der Waals surface area contributed by atoms with Gasteiger partial charge in [0.05, 0.1) is 19.2 Å². The molecule has 0 bridgehead atoms. The van der Waals surface area contributed by atoms with Crippen molar-refractivity contribution in [2.24, 2.45) is 11.7 Å². The monoisotopic (exact) mass is 320 g/mol. The molecule has 1 aromatic carbocycles. The second-order valence-corrected chi connectivity index (χ2v) is 6.49. The summed E-state index contributed by atoms with van der Waals surface area (Å²) in [5.41, 5.74) is 5.85. The van der Waals surface area contributed by atoms with E-state index in [1.165, 1.54) is 5.56 Å². The lowest BCUT2D eigenvalue weighted by Crippen LogP contribution is -2.48. The van der Waals surface area contributed by atoms with Crippen molar-refractivity contribution in [2.75, 3.05) is 13.2 Å². The Morgan fingerprint density at radius 3 is 2.22 bits per heavy atom. The molecule has 0 spiro atoms. The van der Waals surface area contributed by atoms with Crippen molar-refractivity contribution in [3.63, 3.8) is 0 Å². The molecule has 3 N–H and O–H groups in total. The summed E-state index contributed by atoms with van der Waals surface area (Å²) >= 11 is 0. The van der Waals surface area contributed by atoms with Gasteiger partial charge in [0.1, 0.15) is 5.60 Å². The molecule has 1 fully saturated rings. The largest absolute Gasteiger partial charge is 0.361 e. The number of ether oxygens (including phenoxy) is 1. The van der Waals surface area contributed by atoms with Crippen molar-refractivity contribution >= 4 is 11.7 Å². The SMILES string of the molecule is CC(C)CC(NC(=O)CN)C(=O)C1(C)CO1.Cc1ccccc1. The summed E-state index contributed by atoms with van der Waals surface area (Å²) < 4.78 is 5.10. The Morgan fingerprint density at radius 2 is 1.87 bits per heavy atom. The summed E-state index contributed by atoms with van der Waals surface area (Å²) in [6.07, 6.45) is 0.615. The van der Waals surface area contributed by atoms with Gasteiger partial charge in [-0.1, -0.05) is 49.7 Å². The van der Waals surface area contributed by atoms with Gasteiger partial charge in [0.15, 0.2) is 5.78 Å². The van der Waals surface area contributed by atoms with Crippen molar-refractivity contribution in [2.45, 2.75) is 45.8 Å². The minimum Gasteiger partial charge on any atom is -0.361 e. The van der Waals surface area contributed by atoms with Crippen LogP contribution >= 0.6 is 0 Å². The van der Waals surface area contributed by atoms with E-state index in [0.29, 0.717) is 18.9 Å². The van der Waals surface area contributed by atoms with Gasteiger partial charge in [-0.2, -0.15) is 0 Å². The second-order valence-electron chi connectivity index (χ2n) is 6.49. The first-order valence-electron chi connectivity index (χ1n) is 7.98. The predicted molar refractivity (Wildman–Crippen MR) is 91.0 cm³/mol. The van der Waals surface area contributed by atoms with Crippen LogP contribution in [-0.4, -0.2) is 36.5 Å². The van der Waals surface area contributed by atoms with Crippen LogP contribution in [0.2, 0.25) is 0 Å². The van der Waals surface area contributed by atoms with Crippen molar-refractivity contribution < 1.29 is 14.3 Å². The molecule has 0 aliphatic carbocycles. The number of epoxide rings is 1. The molecule has 1 aliphatic heterocycles. The van der Waals surface area contributed by atoms with Gasteiger partial charge in [0.2, 0.25) is 5.91 Å². The van der Waals surface area contributed by atoms with Crippen LogP contribution in [0.5, 0.6) is 0 Å². The van der Waals surface area contributed by atoms with E-state index in [-0.39, 0.29) is 18.2 Å². The third-order valence-electron chi connectivity index (χ3n) is 3.58. The summed E-state index contributed by atoms with van der Waals surface area (Å²) in [4.78, 5) is 23.3. The molecule has 23 heavy (non-hydrogen) atoms.